The van der Waals surface area contributed by atoms with Gasteiger partial charge in [0.2, 0.25) is 10.0 Å². The van der Waals surface area contributed by atoms with Crippen LogP contribution in [-0.2, 0) is 10.0 Å². The molecule has 10 heteroatoms. The van der Waals surface area contributed by atoms with Gasteiger partial charge in [-0.15, -0.1) is 0 Å². The fourth-order valence-corrected chi connectivity index (χ4v) is 2.28. The summed E-state index contributed by atoms with van der Waals surface area (Å²) in [5.41, 5.74) is -0.172. The van der Waals surface area contributed by atoms with Crippen molar-refractivity contribution in [1.29, 1.82) is 5.26 Å². The molecular formula is C10H7N5O4S. The monoisotopic (exact) mass is 293 g/mol. The van der Waals surface area contributed by atoms with Crippen LogP contribution in [0.3, 0.4) is 0 Å². The number of benzene rings is 1. The summed E-state index contributed by atoms with van der Waals surface area (Å²) in [5.74, 6) is 0. The zero-order valence-corrected chi connectivity index (χ0v) is 10.6. The molecule has 2 rings (SSSR count). The second-order valence-electron chi connectivity index (χ2n) is 3.74. The Morgan fingerprint density at radius 1 is 1.45 bits per heavy atom. The van der Waals surface area contributed by atoms with Gasteiger partial charge in [-0.1, -0.05) is 0 Å². The summed E-state index contributed by atoms with van der Waals surface area (Å²) in [6, 6.07) is 5.00. The first-order valence-corrected chi connectivity index (χ1v) is 6.64. The maximum atomic E-state index is 11.5. The van der Waals surface area contributed by atoms with Crippen LogP contribution in [-0.4, -0.2) is 23.1 Å². The zero-order valence-electron chi connectivity index (χ0n) is 9.79. The van der Waals surface area contributed by atoms with Crippen molar-refractivity contribution in [2.45, 2.75) is 4.90 Å². The van der Waals surface area contributed by atoms with E-state index in [0.717, 1.165) is 16.8 Å². The van der Waals surface area contributed by atoms with E-state index in [1.165, 1.54) is 18.5 Å². The van der Waals surface area contributed by atoms with E-state index in [1.807, 2.05) is 6.07 Å². The number of sulfonamides is 1. The molecule has 1 heterocycles. The summed E-state index contributed by atoms with van der Waals surface area (Å²) in [6.07, 6.45) is 2.52. The van der Waals surface area contributed by atoms with Gasteiger partial charge < -0.3 is 0 Å². The van der Waals surface area contributed by atoms with Crippen molar-refractivity contribution in [2.24, 2.45) is 5.14 Å². The van der Waals surface area contributed by atoms with E-state index < -0.39 is 25.5 Å². The van der Waals surface area contributed by atoms with Crippen LogP contribution >= 0.6 is 0 Å². The Bertz CT molecular complexity index is 834. The Morgan fingerprint density at radius 2 is 2.15 bits per heavy atom. The molecule has 0 bridgehead atoms. The smallest absolute Gasteiger partial charge is 0.258 e. The van der Waals surface area contributed by atoms with Crippen molar-refractivity contribution in [3.05, 3.63) is 46.3 Å². The number of nitro groups is 1. The van der Waals surface area contributed by atoms with E-state index in [0.29, 0.717) is 0 Å². The Kier molecular flexibility index (Phi) is 3.23. The van der Waals surface area contributed by atoms with Crippen molar-refractivity contribution in [1.82, 2.24) is 9.78 Å². The Hall–Kier alpha value is -2.77. The van der Waals surface area contributed by atoms with Crippen LogP contribution in [0.2, 0.25) is 0 Å². The maximum Gasteiger partial charge on any atom is 0.270 e. The minimum absolute atomic E-state index is 0.0274. The lowest BCUT2D eigenvalue weighted by molar-refractivity contribution is -0.385. The predicted octanol–water partition coefficient (Wildman–Crippen LogP) is 0.300. The molecule has 0 aliphatic carbocycles. The number of nitro benzene ring substituents is 1. The van der Waals surface area contributed by atoms with Gasteiger partial charge in [0, 0.05) is 18.3 Å². The fourth-order valence-electron chi connectivity index (χ4n) is 1.55. The highest BCUT2D eigenvalue weighted by molar-refractivity contribution is 7.89. The Morgan fingerprint density at radius 3 is 2.65 bits per heavy atom. The van der Waals surface area contributed by atoms with Crippen LogP contribution in [0, 0.1) is 21.4 Å². The number of nitriles is 1. The summed E-state index contributed by atoms with van der Waals surface area (Å²) in [7, 11) is -4.18. The van der Waals surface area contributed by atoms with Gasteiger partial charge in [-0.2, -0.15) is 10.4 Å². The molecule has 0 spiro atoms. The van der Waals surface area contributed by atoms with E-state index in [9.17, 15) is 18.5 Å². The first-order valence-electron chi connectivity index (χ1n) is 5.09. The Labute approximate surface area is 113 Å². The third-order valence-corrected chi connectivity index (χ3v) is 3.36. The molecule has 0 atom stereocenters. The van der Waals surface area contributed by atoms with Crippen molar-refractivity contribution >= 4 is 15.7 Å². The molecule has 0 unspecified atom stereocenters. The lowest BCUT2D eigenvalue weighted by Gasteiger charge is -2.07. The molecule has 102 valence electrons. The molecule has 0 amide bonds. The second kappa shape index (κ2) is 4.72. The van der Waals surface area contributed by atoms with Gasteiger partial charge in [0.05, 0.1) is 22.4 Å². The molecule has 2 aromatic rings. The van der Waals surface area contributed by atoms with Gasteiger partial charge in [-0.25, -0.2) is 18.2 Å². The van der Waals surface area contributed by atoms with Gasteiger partial charge in [0.1, 0.15) is 11.0 Å². The number of rotatable bonds is 3. The average molecular weight is 293 g/mol. The van der Waals surface area contributed by atoms with Crippen molar-refractivity contribution in [3.63, 3.8) is 0 Å². The lowest BCUT2D eigenvalue weighted by atomic mass is 10.3. The number of nitrogens with zero attached hydrogens (tertiary/aromatic N) is 4. The lowest BCUT2D eigenvalue weighted by Crippen LogP contribution is -2.16. The predicted molar refractivity (Wildman–Crippen MR) is 66.3 cm³/mol. The highest BCUT2D eigenvalue weighted by atomic mass is 32.2. The average Bonchev–Trinajstić information content (AvgIpc) is 2.85. The number of non-ortho nitro benzene ring substituents is 1. The third-order valence-electron chi connectivity index (χ3n) is 2.42. The van der Waals surface area contributed by atoms with Crippen LogP contribution < -0.4 is 5.14 Å². The van der Waals surface area contributed by atoms with Gasteiger partial charge in [0.15, 0.2) is 0 Å². The first kappa shape index (κ1) is 13.7. The van der Waals surface area contributed by atoms with Crippen molar-refractivity contribution in [2.75, 3.05) is 0 Å². The van der Waals surface area contributed by atoms with Crippen LogP contribution in [0.15, 0.2) is 35.5 Å². The molecular weight excluding hydrogens is 286 g/mol. The van der Waals surface area contributed by atoms with Gasteiger partial charge in [-0.3, -0.25) is 10.1 Å². The van der Waals surface area contributed by atoms with Crippen LogP contribution in [0.4, 0.5) is 5.69 Å². The Balaban J connectivity index is 2.70. The van der Waals surface area contributed by atoms with Crippen molar-refractivity contribution in [3.8, 4) is 11.8 Å². The summed E-state index contributed by atoms with van der Waals surface area (Å²) in [6.45, 7) is 0. The highest BCUT2D eigenvalue weighted by Crippen LogP contribution is 2.24. The SMILES string of the molecule is N#Cc1cnn(-c2ccc([N+](=O)[O-])cc2S(N)(=O)=O)c1. The van der Waals surface area contributed by atoms with E-state index in [4.69, 9.17) is 10.4 Å². The minimum atomic E-state index is -4.18. The molecule has 0 saturated carbocycles. The number of primary sulfonamides is 1. The first-order chi connectivity index (χ1) is 9.32. The normalized spacial score (nSPS) is 11.0. The maximum absolute atomic E-state index is 11.5. The van der Waals surface area contributed by atoms with Crippen molar-refractivity contribution < 1.29 is 13.3 Å². The van der Waals surface area contributed by atoms with E-state index >= 15 is 0 Å². The molecule has 9 nitrogen and oxygen atoms in total. The zero-order chi connectivity index (χ0) is 14.9. The molecule has 0 radical (unpaired) electrons. The third kappa shape index (κ3) is 2.48. The van der Waals surface area contributed by atoms with Crippen LogP contribution in [0.5, 0.6) is 0 Å². The second-order valence-corrected chi connectivity index (χ2v) is 5.27. The van der Waals surface area contributed by atoms with Crippen LogP contribution in [0.1, 0.15) is 5.56 Å². The summed E-state index contributed by atoms with van der Waals surface area (Å²) in [5, 5.41) is 28.2. The fraction of sp³-hybridized carbons (Fsp3) is 0. The highest BCUT2D eigenvalue weighted by Gasteiger charge is 2.20. The summed E-state index contributed by atoms with van der Waals surface area (Å²) in [4.78, 5) is 9.50. The topological polar surface area (TPSA) is 145 Å². The number of nitrogens with two attached hydrogens (primary N) is 1. The number of hydrogen-bond donors (Lipinski definition) is 1. The number of aromatic nitrogens is 2. The number of hydrogen-bond acceptors (Lipinski definition) is 6. The standard InChI is InChI=1S/C10H7N5O4S/c11-4-7-5-13-14(6-7)9-2-1-8(15(16)17)3-10(9)20(12,18)19/h1-3,5-6H,(H2,12,18,19). The molecule has 2 N–H and O–H groups in total. The molecule has 0 aliphatic heterocycles. The molecule has 1 aromatic carbocycles. The van der Waals surface area contributed by atoms with Gasteiger partial charge in [0.25, 0.3) is 5.69 Å². The van der Waals surface area contributed by atoms with Gasteiger partial charge in [-0.05, 0) is 6.07 Å². The van der Waals surface area contributed by atoms with E-state index in [1.54, 1.807) is 0 Å². The molecule has 0 aliphatic rings. The summed E-state index contributed by atoms with van der Waals surface area (Å²) < 4.78 is 24.2. The molecule has 20 heavy (non-hydrogen) atoms. The largest absolute Gasteiger partial charge is 0.270 e. The van der Waals surface area contributed by atoms with E-state index in [-0.39, 0.29) is 11.3 Å². The molecule has 0 fully saturated rings. The van der Waals surface area contributed by atoms with Crippen LogP contribution in [0.25, 0.3) is 5.69 Å². The van der Waals surface area contributed by atoms with E-state index in [2.05, 4.69) is 5.10 Å². The van der Waals surface area contributed by atoms with Gasteiger partial charge >= 0.3 is 0 Å². The minimum Gasteiger partial charge on any atom is -0.258 e. The molecule has 1 aromatic heterocycles. The summed E-state index contributed by atoms with van der Waals surface area (Å²) >= 11 is 0. The molecule has 0 saturated heterocycles. The quantitative estimate of drug-likeness (QED) is 0.636.